The third-order valence-electron chi connectivity index (χ3n) is 4.27. The van der Waals surface area contributed by atoms with Crippen molar-refractivity contribution in [3.63, 3.8) is 0 Å². The zero-order valence-electron chi connectivity index (χ0n) is 15.0. The predicted octanol–water partition coefficient (Wildman–Crippen LogP) is 5.43. The van der Waals surface area contributed by atoms with E-state index in [0.717, 1.165) is 10.7 Å². The van der Waals surface area contributed by atoms with Gasteiger partial charge in [0, 0.05) is 16.5 Å². The summed E-state index contributed by atoms with van der Waals surface area (Å²) < 4.78 is 41.2. The molecule has 4 rings (SSSR count). The molecule has 1 amide bonds. The Morgan fingerprint density at radius 1 is 1.10 bits per heavy atom. The molecule has 0 bridgehead atoms. The number of alkyl halides is 3. The van der Waals surface area contributed by atoms with Crippen molar-refractivity contribution in [2.45, 2.75) is 6.18 Å². The summed E-state index contributed by atoms with van der Waals surface area (Å²) in [4.78, 5) is 16.2. The van der Waals surface area contributed by atoms with Gasteiger partial charge in [0.2, 0.25) is 5.91 Å². The second kappa shape index (κ2) is 7.58. The Hall–Kier alpha value is -3.17. The Labute approximate surface area is 177 Å². The first kappa shape index (κ1) is 20.1. The number of thiazole rings is 1. The van der Waals surface area contributed by atoms with E-state index in [2.05, 4.69) is 10.1 Å². The number of amides is 1. The van der Waals surface area contributed by atoms with Crippen molar-refractivity contribution in [1.82, 2.24) is 14.8 Å². The van der Waals surface area contributed by atoms with Crippen LogP contribution in [0.5, 0.6) is 0 Å². The number of nitrogens with zero attached hydrogens (tertiary/aromatic N) is 3. The van der Waals surface area contributed by atoms with Crippen LogP contribution < -0.4 is 5.73 Å². The Kier molecular flexibility index (Phi) is 5.08. The number of benzene rings is 2. The van der Waals surface area contributed by atoms with Crippen LogP contribution in [0.2, 0.25) is 5.02 Å². The largest absolute Gasteiger partial charge is 0.435 e. The standard InChI is InChI=1S/C20H12ClF3N4OS/c21-13-7-3-4-8-15(13)28-16(9-17(27-28)20(22,23)24)14-10-30-19(26-14)12-6-2-1-5-11(12)18(25)29/h1-10H,(H2,25,29). The van der Waals surface area contributed by atoms with Crippen molar-refractivity contribution in [1.29, 1.82) is 0 Å². The van der Waals surface area contributed by atoms with Gasteiger partial charge in [-0.25, -0.2) is 9.67 Å². The van der Waals surface area contributed by atoms with E-state index >= 15 is 0 Å². The summed E-state index contributed by atoms with van der Waals surface area (Å²) in [6.07, 6.45) is -4.64. The summed E-state index contributed by atoms with van der Waals surface area (Å²) in [5, 5.41) is 5.99. The molecular weight excluding hydrogens is 437 g/mol. The Bertz CT molecular complexity index is 1250. The van der Waals surface area contributed by atoms with E-state index < -0.39 is 17.8 Å². The number of halogens is 4. The van der Waals surface area contributed by atoms with E-state index in [1.807, 2.05) is 0 Å². The first-order chi connectivity index (χ1) is 14.3. The minimum atomic E-state index is -4.64. The van der Waals surface area contributed by atoms with Gasteiger partial charge in [-0.3, -0.25) is 4.79 Å². The average Bonchev–Trinajstić information content (AvgIpc) is 3.35. The highest BCUT2D eigenvalue weighted by Crippen LogP contribution is 2.36. The van der Waals surface area contributed by atoms with E-state index in [-0.39, 0.29) is 27.7 Å². The molecule has 5 nitrogen and oxygen atoms in total. The summed E-state index contributed by atoms with van der Waals surface area (Å²) in [6, 6.07) is 14.0. The van der Waals surface area contributed by atoms with E-state index in [4.69, 9.17) is 17.3 Å². The average molecular weight is 449 g/mol. The van der Waals surface area contributed by atoms with E-state index in [0.29, 0.717) is 10.6 Å². The molecule has 2 aromatic carbocycles. The first-order valence-corrected chi connectivity index (χ1v) is 9.78. The third-order valence-corrected chi connectivity index (χ3v) is 5.47. The Morgan fingerprint density at radius 3 is 2.50 bits per heavy atom. The number of rotatable bonds is 4. The highest BCUT2D eigenvalue weighted by molar-refractivity contribution is 7.13. The van der Waals surface area contributed by atoms with Crippen molar-refractivity contribution in [2.24, 2.45) is 5.73 Å². The normalized spacial score (nSPS) is 11.6. The van der Waals surface area contributed by atoms with Gasteiger partial charge in [0.25, 0.3) is 0 Å². The molecule has 2 N–H and O–H groups in total. The summed E-state index contributed by atoms with van der Waals surface area (Å²) in [5.74, 6) is -0.622. The van der Waals surface area contributed by atoms with Crippen LogP contribution in [0.3, 0.4) is 0 Å². The van der Waals surface area contributed by atoms with Gasteiger partial charge in [0.05, 0.1) is 16.4 Å². The molecule has 2 heterocycles. The summed E-state index contributed by atoms with van der Waals surface area (Å²) in [7, 11) is 0. The van der Waals surface area contributed by atoms with Gasteiger partial charge in [-0.1, -0.05) is 41.9 Å². The van der Waals surface area contributed by atoms with Crippen molar-refractivity contribution in [3.05, 3.63) is 76.3 Å². The van der Waals surface area contributed by atoms with Gasteiger partial charge in [-0.05, 0) is 24.3 Å². The van der Waals surface area contributed by atoms with Crippen LogP contribution in [-0.2, 0) is 6.18 Å². The number of para-hydroxylation sites is 1. The Morgan fingerprint density at radius 2 is 1.80 bits per heavy atom. The fourth-order valence-electron chi connectivity index (χ4n) is 2.91. The number of aromatic nitrogens is 3. The fourth-order valence-corrected chi connectivity index (χ4v) is 3.98. The van der Waals surface area contributed by atoms with Crippen molar-refractivity contribution in [3.8, 4) is 27.6 Å². The SMILES string of the molecule is NC(=O)c1ccccc1-c1nc(-c2cc(C(F)(F)F)nn2-c2ccccc2Cl)cs1. The monoisotopic (exact) mass is 448 g/mol. The number of carbonyl (C=O) groups excluding carboxylic acids is 1. The van der Waals surface area contributed by atoms with Crippen LogP contribution >= 0.6 is 22.9 Å². The van der Waals surface area contributed by atoms with Gasteiger partial charge in [-0.15, -0.1) is 11.3 Å². The molecule has 0 atom stereocenters. The van der Waals surface area contributed by atoms with Crippen molar-refractivity contribution in [2.75, 3.05) is 0 Å². The van der Waals surface area contributed by atoms with Crippen LogP contribution in [0.4, 0.5) is 13.2 Å². The van der Waals surface area contributed by atoms with E-state index in [9.17, 15) is 18.0 Å². The van der Waals surface area contributed by atoms with E-state index in [1.54, 1.807) is 53.9 Å². The lowest BCUT2D eigenvalue weighted by Crippen LogP contribution is -2.12. The zero-order chi connectivity index (χ0) is 21.5. The second-order valence-corrected chi connectivity index (χ2v) is 7.49. The summed E-state index contributed by atoms with van der Waals surface area (Å²) in [5.41, 5.74) is 5.80. The van der Waals surface area contributed by atoms with Crippen LogP contribution in [0.25, 0.3) is 27.6 Å². The van der Waals surface area contributed by atoms with E-state index in [1.165, 1.54) is 11.3 Å². The molecule has 30 heavy (non-hydrogen) atoms. The minimum absolute atomic E-state index is 0.120. The van der Waals surface area contributed by atoms with Crippen molar-refractivity contribution >= 4 is 28.8 Å². The number of nitrogens with two attached hydrogens (primary N) is 1. The molecule has 4 aromatic rings. The molecule has 0 fully saturated rings. The summed E-state index contributed by atoms with van der Waals surface area (Å²) in [6.45, 7) is 0. The number of carbonyl (C=O) groups is 1. The van der Waals surface area contributed by atoms with Gasteiger partial charge in [0.1, 0.15) is 10.7 Å². The molecule has 0 saturated carbocycles. The lowest BCUT2D eigenvalue weighted by Gasteiger charge is -2.08. The molecule has 152 valence electrons. The topological polar surface area (TPSA) is 73.8 Å². The van der Waals surface area contributed by atoms with Gasteiger partial charge >= 0.3 is 6.18 Å². The zero-order valence-corrected chi connectivity index (χ0v) is 16.6. The van der Waals surface area contributed by atoms with Crippen LogP contribution in [0, 0.1) is 0 Å². The lowest BCUT2D eigenvalue weighted by atomic mass is 10.1. The molecule has 0 radical (unpaired) electrons. The minimum Gasteiger partial charge on any atom is -0.366 e. The molecule has 0 aliphatic rings. The molecule has 0 aliphatic carbocycles. The van der Waals surface area contributed by atoms with Gasteiger partial charge in [-0.2, -0.15) is 18.3 Å². The van der Waals surface area contributed by atoms with Gasteiger partial charge < -0.3 is 5.73 Å². The number of primary amides is 1. The lowest BCUT2D eigenvalue weighted by molar-refractivity contribution is -0.141. The fraction of sp³-hybridized carbons (Fsp3) is 0.0500. The van der Waals surface area contributed by atoms with Crippen LogP contribution in [-0.4, -0.2) is 20.7 Å². The van der Waals surface area contributed by atoms with Crippen LogP contribution in [0.15, 0.2) is 60.0 Å². The third kappa shape index (κ3) is 3.69. The number of hydrogen-bond acceptors (Lipinski definition) is 4. The second-order valence-electron chi connectivity index (χ2n) is 6.22. The summed E-state index contributed by atoms with van der Waals surface area (Å²) >= 11 is 7.37. The quantitative estimate of drug-likeness (QED) is 0.452. The maximum absolute atomic E-state index is 13.3. The molecule has 0 saturated heterocycles. The molecule has 0 spiro atoms. The molecule has 0 aliphatic heterocycles. The smallest absolute Gasteiger partial charge is 0.366 e. The maximum Gasteiger partial charge on any atom is 0.435 e. The number of hydrogen-bond donors (Lipinski definition) is 1. The molecule has 2 aromatic heterocycles. The Balaban J connectivity index is 1.87. The molecular formula is C20H12ClF3N4OS. The first-order valence-electron chi connectivity index (χ1n) is 8.53. The predicted molar refractivity (Wildman–Crippen MR) is 109 cm³/mol. The van der Waals surface area contributed by atoms with Gasteiger partial charge in [0.15, 0.2) is 5.69 Å². The van der Waals surface area contributed by atoms with Crippen molar-refractivity contribution < 1.29 is 18.0 Å². The highest BCUT2D eigenvalue weighted by Gasteiger charge is 2.36. The maximum atomic E-state index is 13.3. The molecule has 0 unspecified atom stereocenters. The van der Waals surface area contributed by atoms with Crippen LogP contribution in [0.1, 0.15) is 16.1 Å². The molecule has 10 heteroatoms. The highest BCUT2D eigenvalue weighted by atomic mass is 35.5.